The number of hydrogen-bond acceptors (Lipinski definition) is 7. The van der Waals surface area contributed by atoms with Crippen molar-refractivity contribution in [2.75, 3.05) is 37.7 Å². The summed E-state index contributed by atoms with van der Waals surface area (Å²) < 4.78 is 52.1. The smallest absolute Gasteiger partial charge is 0.319 e. The Balaban J connectivity index is 1.26. The van der Waals surface area contributed by atoms with Crippen LogP contribution in [0.2, 0.25) is 0 Å². The Kier molecular flexibility index (Phi) is 6.24. The zero-order valence-electron chi connectivity index (χ0n) is 23.6. The summed E-state index contributed by atoms with van der Waals surface area (Å²) in [7, 11) is 0. The van der Waals surface area contributed by atoms with Gasteiger partial charge in [-0.2, -0.15) is 9.97 Å². The second-order valence-corrected chi connectivity index (χ2v) is 12.4. The summed E-state index contributed by atoms with van der Waals surface area (Å²) in [6, 6.07) is 8.90. The molecule has 0 radical (unpaired) electrons. The maximum atomic E-state index is 16.7. The number of fused-ring (bicyclic) bond motifs is 5. The first-order chi connectivity index (χ1) is 20.9. The Bertz CT molecular complexity index is 1800. The van der Waals surface area contributed by atoms with Crippen LogP contribution in [0.1, 0.15) is 37.7 Å². The standard InChI is InChI=1S/C33H31F3N6O/c1-2-23-26(35)10-7-19-5-3-6-24(27(19)23)29-28(36)30-25(14-37-29)31(41-16-21-8-9-22(17-41)38-21)40-32(39-30)43-18-33-11-4-12-42(33)15-20(34)13-33/h1,3,5-7,10,14,20-22,38H,4,8-9,11-13,15-18H2/t20-,21-,22+,33+/m1/s1. The van der Waals surface area contributed by atoms with Gasteiger partial charge in [-0.15, -0.1) is 6.42 Å². The fraction of sp³-hybridized carbons (Fsp3) is 0.424. The van der Waals surface area contributed by atoms with Crippen molar-refractivity contribution in [3.05, 3.63) is 53.7 Å². The van der Waals surface area contributed by atoms with Crippen molar-refractivity contribution in [3.63, 3.8) is 0 Å². The molecule has 2 aromatic carbocycles. The third kappa shape index (κ3) is 4.32. The molecule has 2 bridgehead atoms. The first-order valence-electron chi connectivity index (χ1n) is 15.0. The highest BCUT2D eigenvalue weighted by Crippen LogP contribution is 2.41. The van der Waals surface area contributed by atoms with Crippen molar-refractivity contribution in [2.24, 2.45) is 0 Å². The molecule has 7 nitrogen and oxygen atoms in total. The van der Waals surface area contributed by atoms with E-state index in [0.717, 1.165) is 45.3 Å². The van der Waals surface area contributed by atoms with Crippen LogP contribution < -0.4 is 15.0 Å². The van der Waals surface area contributed by atoms with Crippen LogP contribution in [-0.4, -0.2) is 76.4 Å². The molecule has 1 N–H and O–H groups in total. The number of piperazine rings is 1. The van der Waals surface area contributed by atoms with Gasteiger partial charge in [0.15, 0.2) is 5.82 Å². The summed E-state index contributed by atoms with van der Waals surface area (Å²) in [5.41, 5.74) is 0.135. The number of aromatic nitrogens is 3. The van der Waals surface area contributed by atoms with Crippen LogP contribution in [0.15, 0.2) is 36.5 Å². The molecule has 4 aliphatic heterocycles. The van der Waals surface area contributed by atoms with Crippen molar-refractivity contribution >= 4 is 27.5 Å². The normalized spacial score (nSPS) is 26.7. The topological polar surface area (TPSA) is 66.4 Å². The summed E-state index contributed by atoms with van der Waals surface area (Å²) in [5.74, 6) is 1.79. The molecule has 6 heterocycles. The zero-order chi connectivity index (χ0) is 29.3. The number of terminal acetylenes is 1. The highest BCUT2D eigenvalue weighted by atomic mass is 19.1. The number of alkyl halides is 1. The van der Waals surface area contributed by atoms with Gasteiger partial charge in [0.05, 0.1) is 16.5 Å². The molecule has 43 heavy (non-hydrogen) atoms. The molecule has 10 heteroatoms. The summed E-state index contributed by atoms with van der Waals surface area (Å²) in [4.78, 5) is 18.3. The number of nitrogens with one attached hydrogen (secondary N) is 1. The molecule has 0 unspecified atom stereocenters. The Morgan fingerprint density at radius 3 is 2.74 bits per heavy atom. The summed E-state index contributed by atoms with van der Waals surface area (Å²) in [5, 5.41) is 5.20. The van der Waals surface area contributed by atoms with Crippen LogP contribution in [0.3, 0.4) is 0 Å². The van der Waals surface area contributed by atoms with Gasteiger partial charge in [0.2, 0.25) is 0 Å². The lowest BCUT2D eigenvalue weighted by Crippen LogP contribution is -2.51. The van der Waals surface area contributed by atoms with E-state index in [-0.39, 0.29) is 29.4 Å². The van der Waals surface area contributed by atoms with Crippen LogP contribution in [-0.2, 0) is 0 Å². The Hall–Kier alpha value is -3.94. The molecule has 0 aliphatic carbocycles. The van der Waals surface area contributed by atoms with Crippen molar-refractivity contribution in [1.82, 2.24) is 25.2 Å². The Labute approximate surface area is 247 Å². The summed E-state index contributed by atoms with van der Waals surface area (Å²) in [6.07, 6.45) is 10.8. The SMILES string of the molecule is C#Cc1c(F)ccc2cccc(-c3ncc4c(N5C[C@H]6CC[C@@H](C5)N6)nc(OC[C@@]56CCCN5C[C@H](F)C6)nc4c3F)c12. The third-order valence-corrected chi connectivity index (χ3v) is 9.78. The first-order valence-corrected chi connectivity index (χ1v) is 15.0. The monoisotopic (exact) mass is 584 g/mol. The molecule has 0 amide bonds. The molecule has 4 fully saturated rings. The molecular formula is C33H31F3N6O. The van der Waals surface area contributed by atoms with E-state index < -0.39 is 23.3 Å². The molecule has 0 saturated carbocycles. The van der Waals surface area contributed by atoms with Crippen LogP contribution in [0, 0.1) is 24.0 Å². The summed E-state index contributed by atoms with van der Waals surface area (Å²) in [6.45, 7) is 2.93. The minimum atomic E-state index is -0.891. The van der Waals surface area contributed by atoms with Crippen LogP contribution in [0.25, 0.3) is 32.9 Å². The van der Waals surface area contributed by atoms with E-state index in [1.54, 1.807) is 30.5 Å². The number of hydrogen-bond donors (Lipinski definition) is 1. The van der Waals surface area contributed by atoms with E-state index in [0.29, 0.717) is 52.6 Å². The average Bonchev–Trinajstić information content (AvgIpc) is 3.66. The lowest BCUT2D eigenvalue weighted by atomic mass is 9.95. The van der Waals surface area contributed by atoms with Gasteiger partial charge in [0, 0.05) is 55.3 Å². The number of halogens is 3. The van der Waals surface area contributed by atoms with E-state index in [4.69, 9.17) is 16.1 Å². The van der Waals surface area contributed by atoms with Crippen LogP contribution in [0.4, 0.5) is 19.0 Å². The van der Waals surface area contributed by atoms with Crippen molar-refractivity contribution in [3.8, 4) is 29.6 Å². The number of rotatable bonds is 5. The van der Waals surface area contributed by atoms with E-state index in [1.807, 2.05) is 0 Å². The first kappa shape index (κ1) is 26.7. The molecule has 0 spiro atoms. The molecule has 8 rings (SSSR count). The number of nitrogens with zero attached hydrogens (tertiary/aromatic N) is 5. The maximum absolute atomic E-state index is 16.7. The number of benzene rings is 2. The van der Waals surface area contributed by atoms with E-state index in [1.165, 1.54) is 6.07 Å². The predicted molar refractivity (Wildman–Crippen MR) is 159 cm³/mol. The quantitative estimate of drug-likeness (QED) is 0.331. The fourth-order valence-electron chi connectivity index (χ4n) is 7.82. The zero-order valence-corrected chi connectivity index (χ0v) is 23.6. The molecule has 4 saturated heterocycles. The molecule has 4 aliphatic rings. The van der Waals surface area contributed by atoms with Gasteiger partial charge >= 0.3 is 6.01 Å². The maximum Gasteiger partial charge on any atom is 0.319 e. The van der Waals surface area contributed by atoms with Crippen molar-refractivity contribution in [2.45, 2.75) is 55.9 Å². The van der Waals surface area contributed by atoms with E-state index in [9.17, 15) is 8.78 Å². The molecular weight excluding hydrogens is 553 g/mol. The summed E-state index contributed by atoms with van der Waals surface area (Å²) >= 11 is 0. The van der Waals surface area contributed by atoms with Crippen molar-refractivity contribution in [1.29, 1.82) is 0 Å². The minimum absolute atomic E-state index is 0.0211. The second kappa shape index (κ2) is 10.1. The predicted octanol–water partition coefficient (Wildman–Crippen LogP) is 5.00. The Morgan fingerprint density at radius 1 is 1.09 bits per heavy atom. The van der Waals surface area contributed by atoms with Crippen LogP contribution >= 0.6 is 0 Å². The molecule has 4 atom stereocenters. The van der Waals surface area contributed by atoms with Gasteiger partial charge in [0.1, 0.15) is 35.6 Å². The van der Waals surface area contributed by atoms with E-state index in [2.05, 4.69) is 31.0 Å². The van der Waals surface area contributed by atoms with Gasteiger partial charge < -0.3 is 15.0 Å². The number of anilines is 1. The van der Waals surface area contributed by atoms with Crippen molar-refractivity contribution < 1.29 is 17.9 Å². The van der Waals surface area contributed by atoms with Gasteiger partial charge in [0.25, 0.3) is 0 Å². The largest absolute Gasteiger partial charge is 0.461 e. The lowest BCUT2D eigenvalue weighted by molar-refractivity contribution is 0.107. The van der Waals surface area contributed by atoms with Gasteiger partial charge in [-0.05, 0) is 43.7 Å². The van der Waals surface area contributed by atoms with Gasteiger partial charge in [-0.1, -0.05) is 30.2 Å². The third-order valence-electron chi connectivity index (χ3n) is 9.78. The average molecular weight is 585 g/mol. The Morgan fingerprint density at radius 2 is 1.93 bits per heavy atom. The molecule has 2 aromatic heterocycles. The van der Waals surface area contributed by atoms with Gasteiger partial charge in [-0.25, -0.2) is 13.2 Å². The fourth-order valence-corrected chi connectivity index (χ4v) is 7.82. The van der Waals surface area contributed by atoms with E-state index >= 15 is 4.39 Å². The lowest BCUT2D eigenvalue weighted by Gasteiger charge is -2.34. The highest BCUT2D eigenvalue weighted by molar-refractivity contribution is 6.02. The molecule has 220 valence electrons. The van der Waals surface area contributed by atoms with Crippen LogP contribution in [0.5, 0.6) is 6.01 Å². The second-order valence-electron chi connectivity index (χ2n) is 12.4. The minimum Gasteiger partial charge on any atom is -0.461 e. The van der Waals surface area contributed by atoms with Gasteiger partial charge in [-0.3, -0.25) is 9.88 Å². The highest BCUT2D eigenvalue weighted by Gasteiger charge is 2.49. The molecule has 4 aromatic rings. The number of pyridine rings is 1. The number of ether oxygens (including phenoxy) is 1.